The van der Waals surface area contributed by atoms with E-state index in [0.717, 1.165) is 30.7 Å². The lowest BCUT2D eigenvalue weighted by Crippen LogP contribution is -2.14. The number of amides is 1. The van der Waals surface area contributed by atoms with Crippen LogP contribution in [0.3, 0.4) is 0 Å². The van der Waals surface area contributed by atoms with Gasteiger partial charge in [0.05, 0.1) is 16.5 Å². The van der Waals surface area contributed by atoms with Crippen molar-refractivity contribution in [1.82, 2.24) is 10.2 Å². The molecule has 0 spiro atoms. The fourth-order valence-electron chi connectivity index (χ4n) is 1.68. The summed E-state index contributed by atoms with van der Waals surface area (Å²) in [6.07, 6.45) is 2.16. The van der Waals surface area contributed by atoms with Crippen molar-refractivity contribution in [2.24, 2.45) is 0 Å². The van der Waals surface area contributed by atoms with Gasteiger partial charge in [0.15, 0.2) is 0 Å². The number of benzene rings is 1. The number of anilines is 1. The van der Waals surface area contributed by atoms with Crippen molar-refractivity contribution in [3.8, 4) is 0 Å². The summed E-state index contributed by atoms with van der Waals surface area (Å²) in [4.78, 5) is 11.8. The van der Waals surface area contributed by atoms with E-state index in [1.54, 1.807) is 0 Å². The second kappa shape index (κ2) is 6.03. The van der Waals surface area contributed by atoms with Crippen LogP contribution in [0.4, 0.5) is 10.1 Å². The van der Waals surface area contributed by atoms with Gasteiger partial charge in [-0.3, -0.25) is 4.79 Å². The Bertz CT molecular complexity index is 675. The first kappa shape index (κ1) is 14.3. The van der Waals surface area contributed by atoms with Gasteiger partial charge in [-0.15, -0.1) is 10.2 Å². The van der Waals surface area contributed by atoms with E-state index in [0.29, 0.717) is 22.7 Å². The first-order valence-corrected chi connectivity index (χ1v) is 7.69. The smallest absolute Gasteiger partial charge is 0.277 e. The Morgan fingerprint density at radius 2 is 2.29 bits per heavy atom. The van der Waals surface area contributed by atoms with Gasteiger partial charge in [0, 0.05) is 5.92 Å². The van der Waals surface area contributed by atoms with E-state index in [-0.39, 0.29) is 16.7 Å². The molecule has 0 aliphatic heterocycles. The molecule has 0 bridgehead atoms. The summed E-state index contributed by atoms with van der Waals surface area (Å²) in [6, 6.07) is 3.79. The van der Waals surface area contributed by atoms with Crippen LogP contribution in [0.15, 0.2) is 27.8 Å². The van der Waals surface area contributed by atoms with Crippen molar-refractivity contribution in [3.05, 3.63) is 34.9 Å². The van der Waals surface area contributed by atoms with E-state index in [9.17, 15) is 9.18 Å². The number of halogens is 2. The van der Waals surface area contributed by atoms with E-state index in [1.807, 2.05) is 0 Å². The highest BCUT2D eigenvalue weighted by molar-refractivity contribution is 7.99. The number of carbonyl (C=O) groups excluding carboxylic acids is 1. The van der Waals surface area contributed by atoms with Gasteiger partial charge in [0.25, 0.3) is 5.22 Å². The van der Waals surface area contributed by atoms with Crippen LogP contribution in [0.25, 0.3) is 0 Å². The second-order valence-electron chi connectivity index (χ2n) is 4.64. The molecule has 1 fully saturated rings. The Morgan fingerprint density at radius 3 is 3.00 bits per heavy atom. The monoisotopic (exact) mass is 327 g/mol. The number of hydrogen-bond acceptors (Lipinski definition) is 5. The molecule has 1 aromatic heterocycles. The Balaban J connectivity index is 1.53. The summed E-state index contributed by atoms with van der Waals surface area (Å²) < 4.78 is 18.3. The molecular formula is C13H11ClFN3O2S. The molecule has 0 saturated heterocycles. The minimum absolute atomic E-state index is 0.111. The molecule has 110 valence electrons. The molecule has 3 rings (SSSR count). The summed E-state index contributed by atoms with van der Waals surface area (Å²) in [5.41, 5.74) is 0.368. The Kier molecular flexibility index (Phi) is 4.12. The maximum Gasteiger partial charge on any atom is 0.277 e. The van der Waals surface area contributed by atoms with Crippen molar-refractivity contribution >= 4 is 35.0 Å². The quantitative estimate of drug-likeness (QED) is 0.852. The minimum Gasteiger partial charge on any atom is -0.416 e. The minimum atomic E-state index is -0.453. The fraction of sp³-hybridized carbons (Fsp3) is 0.308. The zero-order valence-corrected chi connectivity index (χ0v) is 12.4. The Hall–Kier alpha value is -1.60. The number of nitrogens with zero attached hydrogens (tertiary/aromatic N) is 2. The van der Waals surface area contributed by atoms with Crippen LogP contribution >= 0.6 is 23.4 Å². The number of hydrogen-bond donors (Lipinski definition) is 1. The van der Waals surface area contributed by atoms with Crippen LogP contribution in [0.5, 0.6) is 0 Å². The third-order valence-electron chi connectivity index (χ3n) is 2.88. The molecule has 21 heavy (non-hydrogen) atoms. The molecule has 0 unspecified atom stereocenters. The third-order valence-corrected chi connectivity index (χ3v) is 4.01. The van der Waals surface area contributed by atoms with E-state index >= 15 is 0 Å². The number of aromatic nitrogens is 2. The molecule has 1 aromatic carbocycles. The van der Waals surface area contributed by atoms with E-state index in [2.05, 4.69) is 15.5 Å². The number of rotatable bonds is 5. The first-order valence-electron chi connectivity index (χ1n) is 6.33. The molecular weight excluding hydrogens is 317 g/mol. The highest BCUT2D eigenvalue weighted by atomic mass is 35.5. The molecule has 1 heterocycles. The third kappa shape index (κ3) is 3.74. The van der Waals surface area contributed by atoms with E-state index in [4.69, 9.17) is 16.0 Å². The van der Waals surface area contributed by atoms with E-state index in [1.165, 1.54) is 12.1 Å². The second-order valence-corrected chi connectivity index (χ2v) is 5.98. The number of nitrogens with one attached hydrogen (secondary N) is 1. The summed E-state index contributed by atoms with van der Waals surface area (Å²) in [5, 5.41) is 10.9. The predicted octanol–water partition coefficient (Wildman–Crippen LogP) is 3.47. The predicted molar refractivity (Wildman–Crippen MR) is 77.0 cm³/mol. The van der Waals surface area contributed by atoms with Gasteiger partial charge >= 0.3 is 0 Å². The van der Waals surface area contributed by atoms with Gasteiger partial charge in [-0.05, 0) is 31.0 Å². The standard InChI is InChI=1S/C13H11ClFN3O2S/c14-9-5-8(15)3-4-10(9)16-11(19)6-21-13-18-17-12(20-13)7-1-2-7/h3-5,7H,1-2,6H2,(H,16,19). The van der Waals surface area contributed by atoms with Crippen LogP contribution in [-0.2, 0) is 4.79 Å². The summed E-state index contributed by atoms with van der Waals surface area (Å²) >= 11 is 6.99. The fourth-order valence-corrected chi connectivity index (χ4v) is 2.46. The molecule has 8 heteroatoms. The zero-order valence-electron chi connectivity index (χ0n) is 10.8. The van der Waals surface area contributed by atoms with Crippen molar-refractivity contribution in [2.75, 3.05) is 11.1 Å². The van der Waals surface area contributed by atoms with Gasteiger partial charge in [0.1, 0.15) is 5.82 Å². The molecule has 1 aliphatic rings. The SMILES string of the molecule is O=C(CSc1nnc(C2CC2)o1)Nc1ccc(F)cc1Cl. The average molecular weight is 328 g/mol. The zero-order chi connectivity index (χ0) is 14.8. The van der Waals surface area contributed by atoms with Gasteiger partial charge < -0.3 is 9.73 Å². The van der Waals surface area contributed by atoms with Gasteiger partial charge in [-0.25, -0.2) is 4.39 Å². The number of carbonyl (C=O) groups is 1. The van der Waals surface area contributed by atoms with Crippen molar-refractivity contribution in [3.63, 3.8) is 0 Å². The molecule has 0 atom stereocenters. The maximum absolute atomic E-state index is 12.9. The highest BCUT2D eigenvalue weighted by Crippen LogP contribution is 2.39. The highest BCUT2D eigenvalue weighted by Gasteiger charge is 2.29. The Morgan fingerprint density at radius 1 is 1.48 bits per heavy atom. The molecule has 1 aliphatic carbocycles. The van der Waals surface area contributed by atoms with Crippen LogP contribution in [0.1, 0.15) is 24.7 Å². The number of thioether (sulfide) groups is 1. The van der Waals surface area contributed by atoms with Crippen molar-refractivity contribution in [1.29, 1.82) is 0 Å². The molecule has 5 nitrogen and oxygen atoms in total. The Labute approximate surface area is 129 Å². The first-order chi connectivity index (χ1) is 10.1. The van der Waals surface area contributed by atoms with E-state index < -0.39 is 5.82 Å². The van der Waals surface area contributed by atoms with Crippen molar-refractivity contribution < 1.29 is 13.6 Å². The maximum atomic E-state index is 12.9. The average Bonchev–Trinajstić information content (AvgIpc) is 3.19. The van der Waals surface area contributed by atoms with Gasteiger partial charge in [0.2, 0.25) is 11.8 Å². The lowest BCUT2D eigenvalue weighted by molar-refractivity contribution is -0.113. The van der Waals surface area contributed by atoms with Gasteiger partial charge in [-0.1, -0.05) is 23.4 Å². The van der Waals surface area contributed by atoms with Crippen LogP contribution in [0, 0.1) is 5.82 Å². The van der Waals surface area contributed by atoms with Crippen LogP contribution < -0.4 is 5.32 Å². The van der Waals surface area contributed by atoms with Crippen LogP contribution in [-0.4, -0.2) is 21.9 Å². The molecule has 0 radical (unpaired) electrons. The summed E-state index contributed by atoms with van der Waals surface area (Å²) in [7, 11) is 0. The molecule has 1 N–H and O–H groups in total. The largest absolute Gasteiger partial charge is 0.416 e. The van der Waals surface area contributed by atoms with Crippen molar-refractivity contribution in [2.45, 2.75) is 24.0 Å². The molecule has 1 saturated carbocycles. The normalized spacial score (nSPS) is 14.2. The lowest BCUT2D eigenvalue weighted by atomic mass is 10.3. The topological polar surface area (TPSA) is 68.0 Å². The lowest BCUT2D eigenvalue weighted by Gasteiger charge is -2.06. The molecule has 1 amide bonds. The summed E-state index contributed by atoms with van der Waals surface area (Å²) in [6.45, 7) is 0. The van der Waals surface area contributed by atoms with Crippen LogP contribution in [0.2, 0.25) is 5.02 Å². The van der Waals surface area contributed by atoms with Gasteiger partial charge in [-0.2, -0.15) is 0 Å². The molecule has 2 aromatic rings. The summed E-state index contributed by atoms with van der Waals surface area (Å²) in [5.74, 6) is 0.406.